The quantitative estimate of drug-likeness (QED) is 0.844. The standard InChI is InChI=1S/C8H10ClNO4S2/c1-5(8(11)14-2)10-16(12,13)7-4-3-6(9)15-7/h3-5,10H,1-2H3. The molecule has 0 aliphatic carbocycles. The number of nitrogens with one attached hydrogen (secondary N) is 1. The summed E-state index contributed by atoms with van der Waals surface area (Å²) in [5.41, 5.74) is 0. The fraction of sp³-hybridized carbons (Fsp3) is 0.375. The maximum absolute atomic E-state index is 11.7. The maximum atomic E-state index is 11.7. The van der Waals surface area contributed by atoms with Crippen LogP contribution in [0.2, 0.25) is 4.34 Å². The van der Waals surface area contributed by atoms with Crippen molar-refractivity contribution in [2.24, 2.45) is 0 Å². The molecule has 0 aromatic carbocycles. The number of carbonyl (C=O) groups excluding carboxylic acids is 1. The Morgan fingerprint density at radius 1 is 1.56 bits per heavy atom. The third-order valence-corrected chi connectivity index (χ3v) is 4.96. The molecule has 8 heteroatoms. The van der Waals surface area contributed by atoms with Crippen LogP contribution in [0.3, 0.4) is 0 Å². The molecule has 16 heavy (non-hydrogen) atoms. The molecular weight excluding hydrogens is 274 g/mol. The predicted octanol–water partition coefficient (Wildman–Crippen LogP) is 1.24. The van der Waals surface area contributed by atoms with E-state index in [1.165, 1.54) is 26.2 Å². The van der Waals surface area contributed by atoms with Gasteiger partial charge in [-0.1, -0.05) is 11.6 Å². The fourth-order valence-electron chi connectivity index (χ4n) is 0.958. The van der Waals surface area contributed by atoms with E-state index in [4.69, 9.17) is 11.6 Å². The minimum Gasteiger partial charge on any atom is -0.468 e. The van der Waals surface area contributed by atoms with Crippen LogP contribution in [0.25, 0.3) is 0 Å². The number of ether oxygens (including phenoxy) is 1. The topological polar surface area (TPSA) is 72.5 Å². The Morgan fingerprint density at radius 2 is 2.19 bits per heavy atom. The summed E-state index contributed by atoms with van der Waals surface area (Å²) >= 11 is 6.55. The average Bonchev–Trinajstić information content (AvgIpc) is 2.63. The van der Waals surface area contributed by atoms with Crippen molar-refractivity contribution in [3.05, 3.63) is 16.5 Å². The largest absolute Gasteiger partial charge is 0.468 e. The highest BCUT2D eigenvalue weighted by Gasteiger charge is 2.23. The molecule has 0 saturated heterocycles. The monoisotopic (exact) mass is 283 g/mol. The molecule has 0 aliphatic heterocycles. The highest BCUT2D eigenvalue weighted by atomic mass is 35.5. The molecule has 1 aromatic heterocycles. The van der Waals surface area contributed by atoms with Crippen molar-refractivity contribution >= 4 is 38.9 Å². The molecule has 0 aliphatic rings. The first-order chi connectivity index (χ1) is 7.36. The molecule has 1 atom stereocenters. The van der Waals surface area contributed by atoms with Crippen LogP contribution in [0.5, 0.6) is 0 Å². The lowest BCUT2D eigenvalue weighted by Gasteiger charge is -2.10. The van der Waals surface area contributed by atoms with Gasteiger partial charge in [0.05, 0.1) is 11.4 Å². The summed E-state index contributed by atoms with van der Waals surface area (Å²) in [6.45, 7) is 1.40. The second-order valence-corrected chi connectivity index (χ2v) is 6.58. The zero-order chi connectivity index (χ0) is 12.3. The molecule has 1 rings (SSSR count). The number of carbonyl (C=O) groups is 1. The number of methoxy groups -OCH3 is 1. The Morgan fingerprint density at radius 3 is 2.62 bits per heavy atom. The minimum absolute atomic E-state index is 0.0632. The molecule has 1 aromatic rings. The number of halogens is 1. The summed E-state index contributed by atoms with van der Waals surface area (Å²) in [7, 11) is -2.52. The van der Waals surface area contributed by atoms with Crippen LogP contribution in [-0.2, 0) is 19.6 Å². The zero-order valence-electron chi connectivity index (χ0n) is 8.56. The predicted molar refractivity (Wildman–Crippen MR) is 61.1 cm³/mol. The van der Waals surface area contributed by atoms with Gasteiger partial charge in [0.1, 0.15) is 10.3 Å². The molecule has 0 fully saturated rings. The summed E-state index contributed by atoms with van der Waals surface area (Å²) in [5.74, 6) is -0.647. The van der Waals surface area contributed by atoms with Crippen LogP contribution in [-0.4, -0.2) is 27.5 Å². The summed E-state index contributed by atoms with van der Waals surface area (Å²) < 4.78 is 30.4. The van der Waals surface area contributed by atoms with Gasteiger partial charge in [-0.3, -0.25) is 4.79 Å². The van der Waals surface area contributed by atoms with Crippen molar-refractivity contribution in [3.63, 3.8) is 0 Å². The lowest BCUT2D eigenvalue weighted by Crippen LogP contribution is -2.38. The van der Waals surface area contributed by atoms with E-state index in [0.29, 0.717) is 4.34 Å². The van der Waals surface area contributed by atoms with E-state index in [-0.39, 0.29) is 4.21 Å². The number of hydrogen-bond acceptors (Lipinski definition) is 5. The molecule has 90 valence electrons. The lowest BCUT2D eigenvalue weighted by molar-refractivity contribution is -0.142. The number of sulfonamides is 1. The van der Waals surface area contributed by atoms with Gasteiger partial charge in [0.25, 0.3) is 10.0 Å². The first kappa shape index (κ1) is 13.4. The van der Waals surface area contributed by atoms with Gasteiger partial charge in [-0.15, -0.1) is 11.3 Å². The van der Waals surface area contributed by atoms with E-state index in [0.717, 1.165) is 11.3 Å². The van der Waals surface area contributed by atoms with Crippen LogP contribution in [0.15, 0.2) is 16.3 Å². The zero-order valence-corrected chi connectivity index (χ0v) is 10.9. The van der Waals surface area contributed by atoms with Crippen molar-refractivity contribution in [3.8, 4) is 0 Å². The van der Waals surface area contributed by atoms with Crippen LogP contribution in [0.4, 0.5) is 0 Å². The van der Waals surface area contributed by atoms with E-state index in [2.05, 4.69) is 9.46 Å². The molecular formula is C8H10ClNO4S2. The Hall–Kier alpha value is -0.630. The van der Waals surface area contributed by atoms with Gasteiger partial charge in [0, 0.05) is 0 Å². The van der Waals surface area contributed by atoms with E-state index in [9.17, 15) is 13.2 Å². The number of esters is 1. The molecule has 1 unspecified atom stereocenters. The van der Waals surface area contributed by atoms with Crippen LogP contribution >= 0.6 is 22.9 Å². The van der Waals surface area contributed by atoms with Crippen molar-refractivity contribution in [1.29, 1.82) is 0 Å². The summed E-state index contributed by atoms with van der Waals surface area (Å²) in [6.07, 6.45) is 0. The molecule has 0 bridgehead atoms. The van der Waals surface area contributed by atoms with Gasteiger partial charge in [0.2, 0.25) is 0 Å². The molecule has 1 heterocycles. The third-order valence-electron chi connectivity index (χ3n) is 1.70. The van der Waals surface area contributed by atoms with Gasteiger partial charge in [0.15, 0.2) is 0 Å². The molecule has 0 radical (unpaired) electrons. The first-order valence-corrected chi connectivity index (χ1v) is 6.90. The second-order valence-electron chi connectivity index (χ2n) is 2.92. The van der Waals surface area contributed by atoms with Crippen LogP contribution in [0.1, 0.15) is 6.92 Å². The SMILES string of the molecule is COC(=O)C(C)NS(=O)(=O)c1ccc(Cl)s1. The maximum Gasteiger partial charge on any atom is 0.323 e. The molecule has 0 spiro atoms. The van der Waals surface area contributed by atoms with Crippen LogP contribution < -0.4 is 4.72 Å². The Balaban J connectivity index is 2.84. The van der Waals surface area contributed by atoms with Gasteiger partial charge in [-0.05, 0) is 19.1 Å². The highest BCUT2D eigenvalue weighted by molar-refractivity contribution is 7.91. The van der Waals surface area contributed by atoms with Crippen molar-refractivity contribution in [2.75, 3.05) is 7.11 Å². The number of thiophene rings is 1. The molecule has 5 nitrogen and oxygen atoms in total. The fourth-order valence-corrected chi connectivity index (χ4v) is 3.65. The number of rotatable bonds is 4. The average molecular weight is 284 g/mol. The summed E-state index contributed by atoms with van der Waals surface area (Å²) in [5, 5.41) is 0. The van der Waals surface area contributed by atoms with E-state index < -0.39 is 22.0 Å². The smallest absolute Gasteiger partial charge is 0.323 e. The normalized spacial score (nSPS) is 13.4. The van der Waals surface area contributed by atoms with Crippen molar-refractivity contribution in [2.45, 2.75) is 17.2 Å². The summed E-state index contributed by atoms with van der Waals surface area (Å²) in [4.78, 5) is 11.1. The van der Waals surface area contributed by atoms with Gasteiger partial charge in [-0.2, -0.15) is 4.72 Å². The summed E-state index contributed by atoms with van der Waals surface area (Å²) in [6, 6.07) is 1.92. The van der Waals surface area contributed by atoms with E-state index >= 15 is 0 Å². The van der Waals surface area contributed by atoms with Crippen LogP contribution in [0, 0.1) is 0 Å². The van der Waals surface area contributed by atoms with E-state index in [1.807, 2.05) is 0 Å². The molecule has 0 amide bonds. The Kier molecular flexibility index (Phi) is 4.31. The third kappa shape index (κ3) is 3.18. The molecule has 0 saturated carbocycles. The number of hydrogen-bond donors (Lipinski definition) is 1. The highest BCUT2D eigenvalue weighted by Crippen LogP contribution is 2.25. The minimum atomic E-state index is -3.71. The van der Waals surface area contributed by atoms with Gasteiger partial charge >= 0.3 is 5.97 Å². The molecule has 1 N–H and O–H groups in total. The first-order valence-electron chi connectivity index (χ1n) is 4.22. The lowest BCUT2D eigenvalue weighted by atomic mass is 10.4. The van der Waals surface area contributed by atoms with Gasteiger partial charge < -0.3 is 4.74 Å². The Labute approximate surface area is 102 Å². The van der Waals surface area contributed by atoms with Crippen molar-refractivity contribution < 1.29 is 17.9 Å². The second kappa shape index (κ2) is 5.13. The Bertz CT molecular complexity index is 482. The van der Waals surface area contributed by atoms with E-state index in [1.54, 1.807) is 0 Å². The van der Waals surface area contributed by atoms with Crippen molar-refractivity contribution in [1.82, 2.24) is 4.72 Å². The van der Waals surface area contributed by atoms with Gasteiger partial charge in [-0.25, -0.2) is 8.42 Å².